The summed E-state index contributed by atoms with van der Waals surface area (Å²) in [5.41, 5.74) is 0. The molecule has 0 aromatic rings. The van der Waals surface area contributed by atoms with Gasteiger partial charge >= 0.3 is 6.03 Å². The Morgan fingerprint density at radius 2 is 1.96 bits per heavy atom. The number of piperazine rings is 1. The fourth-order valence-electron chi connectivity index (χ4n) is 3.94. The number of aliphatic hydroxyl groups excluding tert-OH is 1. The third kappa shape index (κ3) is 5.96. The molecule has 5 heteroatoms. The molecule has 0 aromatic heterocycles. The van der Waals surface area contributed by atoms with Crippen LogP contribution in [0, 0.1) is 11.8 Å². The third-order valence-corrected chi connectivity index (χ3v) is 5.22. The zero-order chi connectivity index (χ0) is 16.7. The minimum absolute atomic E-state index is 0.0858. The van der Waals surface area contributed by atoms with Crippen molar-refractivity contribution in [3.05, 3.63) is 0 Å². The number of aliphatic hydroxyl groups is 1. The summed E-state index contributed by atoms with van der Waals surface area (Å²) in [6, 6.07) is 0.374. The van der Waals surface area contributed by atoms with Crippen LogP contribution in [0.15, 0.2) is 0 Å². The lowest BCUT2D eigenvalue weighted by Gasteiger charge is -2.42. The van der Waals surface area contributed by atoms with E-state index in [4.69, 9.17) is 0 Å². The molecule has 23 heavy (non-hydrogen) atoms. The van der Waals surface area contributed by atoms with Gasteiger partial charge in [0.2, 0.25) is 0 Å². The van der Waals surface area contributed by atoms with E-state index < -0.39 is 0 Å². The molecule has 2 N–H and O–H groups in total. The molecular formula is C18H35N3O2. The van der Waals surface area contributed by atoms with E-state index in [2.05, 4.69) is 24.1 Å². The van der Waals surface area contributed by atoms with Crippen LogP contribution in [0.3, 0.4) is 0 Å². The molecule has 1 unspecified atom stereocenters. The fourth-order valence-corrected chi connectivity index (χ4v) is 3.94. The lowest BCUT2D eigenvalue weighted by Crippen LogP contribution is -2.57. The van der Waals surface area contributed by atoms with Crippen LogP contribution in [-0.2, 0) is 0 Å². The smallest absolute Gasteiger partial charge is 0.317 e. The van der Waals surface area contributed by atoms with Crippen molar-refractivity contribution >= 4 is 6.03 Å². The van der Waals surface area contributed by atoms with Gasteiger partial charge in [0.1, 0.15) is 0 Å². The lowest BCUT2D eigenvalue weighted by molar-refractivity contribution is 0.0651. The van der Waals surface area contributed by atoms with E-state index in [9.17, 15) is 9.90 Å². The highest BCUT2D eigenvalue weighted by Crippen LogP contribution is 2.23. The van der Waals surface area contributed by atoms with Gasteiger partial charge in [-0.2, -0.15) is 0 Å². The molecule has 0 bridgehead atoms. The second-order valence-corrected chi connectivity index (χ2v) is 7.69. The number of nitrogens with one attached hydrogen (secondary N) is 1. The number of carbonyl (C=O) groups excluding carboxylic acids is 1. The van der Waals surface area contributed by atoms with Crippen molar-refractivity contribution in [2.45, 2.75) is 58.4 Å². The molecule has 2 amide bonds. The van der Waals surface area contributed by atoms with Gasteiger partial charge in [-0.1, -0.05) is 33.1 Å². The monoisotopic (exact) mass is 325 g/mol. The van der Waals surface area contributed by atoms with Crippen LogP contribution in [-0.4, -0.2) is 66.3 Å². The summed E-state index contributed by atoms with van der Waals surface area (Å²) in [6.07, 6.45) is 7.25. The van der Waals surface area contributed by atoms with Crippen LogP contribution in [0.1, 0.15) is 52.4 Å². The van der Waals surface area contributed by atoms with Gasteiger partial charge in [0.05, 0.1) is 0 Å². The van der Waals surface area contributed by atoms with Gasteiger partial charge in [0, 0.05) is 45.4 Å². The molecule has 0 spiro atoms. The van der Waals surface area contributed by atoms with Crippen molar-refractivity contribution in [3.63, 3.8) is 0 Å². The van der Waals surface area contributed by atoms with E-state index in [1.807, 2.05) is 4.90 Å². The number of hydrogen-bond donors (Lipinski definition) is 2. The van der Waals surface area contributed by atoms with E-state index >= 15 is 0 Å². The normalized spacial score (nSPS) is 24.2. The SMILES string of the molecule is CC(C)CN1CCN(C(=O)NCC2CCCCC2)CC1CCO. The summed E-state index contributed by atoms with van der Waals surface area (Å²) in [7, 11) is 0. The molecule has 1 aliphatic heterocycles. The molecular weight excluding hydrogens is 290 g/mol. The Labute approximate surface area is 141 Å². The zero-order valence-electron chi connectivity index (χ0n) is 15.0. The Hall–Kier alpha value is -0.810. The molecule has 0 aromatic carbocycles. The van der Waals surface area contributed by atoms with Gasteiger partial charge in [0.25, 0.3) is 0 Å². The van der Waals surface area contributed by atoms with Crippen molar-refractivity contribution in [1.29, 1.82) is 0 Å². The van der Waals surface area contributed by atoms with Gasteiger partial charge in [-0.25, -0.2) is 4.79 Å². The number of urea groups is 1. The van der Waals surface area contributed by atoms with Crippen LogP contribution in [0.25, 0.3) is 0 Å². The van der Waals surface area contributed by atoms with Crippen molar-refractivity contribution in [3.8, 4) is 0 Å². The number of hydrogen-bond acceptors (Lipinski definition) is 3. The molecule has 2 fully saturated rings. The Kier molecular flexibility index (Phi) is 7.63. The number of rotatable bonds is 6. The second kappa shape index (κ2) is 9.48. The highest BCUT2D eigenvalue weighted by atomic mass is 16.3. The molecule has 5 nitrogen and oxygen atoms in total. The average Bonchev–Trinajstić information content (AvgIpc) is 2.55. The summed E-state index contributed by atoms with van der Waals surface area (Å²) in [5.74, 6) is 1.28. The maximum absolute atomic E-state index is 12.5. The predicted octanol–water partition coefficient (Wildman–Crippen LogP) is 2.30. The van der Waals surface area contributed by atoms with E-state index in [1.54, 1.807) is 0 Å². The van der Waals surface area contributed by atoms with Crippen LogP contribution in [0.2, 0.25) is 0 Å². The highest BCUT2D eigenvalue weighted by molar-refractivity contribution is 5.74. The van der Waals surface area contributed by atoms with Crippen molar-refractivity contribution in [2.24, 2.45) is 11.8 Å². The highest BCUT2D eigenvalue weighted by Gasteiger charge is 2.29. The molecule has 2 aliphatic rings. The quantitative estimate of drug-likeness (QED) is 0.788. The minimum Gasteiger partial charge on any atom is -0.396 e. The average molecular weight is 325 g/mol. The Morgan fingerprint density at radius 3 is 2.61 bits per heavy atom. The maximum Gasteiger partial charge on any atom is 0.317 e. The third-order valence-electron chi connectivity index (χ3n) is 5.22. The lowest BCUT2D eigenvalue weighted by atomic mass is 9.89. The van der Waals surface area contributed by atoms with E-state index in [0.717, 1.165) is 39.1 Å². The first-order chi connectivity index (χ1) is 11.1. The summed E-state index contributed by atoms with van der Waals surface area (Å²) in [4.78, 5) is 16.8. The van der Waals surface area contributed by atoms with Crippen LogP contribution < -0.4 is 5.32 Å². The van der Waals surface area contributed by atoms with Crippen LogP contribution >= 0.6 is 0 Å². The Bertz CT molecular complexity index is 356. The molecule has 2 rings (SSSR count). The Balaban J connectivity index is 1.79. The van der Waals surface area contributed by atoms with Gasteiger partial charge in [0.15, 0.2) is 0 Å². The van der Waals surface area contributed by atoms with Crippen molar-refractivity contribution in [2.75, 3.05) is 39.3 Å². The van der Waals surface area contributed by atoms with Gasteiger partial charge < -0.3 is 15.3 Å². The standard InChI is InChI=1S/C18H35N3O2/c1-15(2)13-20-9-10-21(14-17(20)8-11-22)18(23)19-12-16-6-4-3-5-7-16/h15-17,22H,3-14H2,1-2H3,(H,19,23). The molecule has 1 heterocycles. The largest absolute Gasteiger partial charge is 0.396 e. The van der Waals surface area contributed by atoms with E-state index in [1.165, 1.54) is 32.1 Å². The summed E-state index contributed by atoms with van der Waals surface area (Å²) >= 11 is 0. The first-order valence-corrected chi connectivity index (χ1v) is 9.47. The number of nitrogens with zero attached hydrogens (tertiary/aromatic N) is 2. The topological polar surface area (TPSA) is 55.8 Å². The molecule has 1 aliphatic carbocycles. The minimum atomic E-state index is 0.0858. The predicted molar refractivity (Wildman–Crippen MR) is 93.4 cm³/mol. The van der Waals surface area contributed by atoms with E-state index in [0.29, 0.717) is 11.8 Å². The van der Waals surface area contributed by atoms with Crippen LogP contribution in [0.5, 0.6) is 0 Å². The maximum atomic E-state index is 12.5. The van der Waals surface area contributed by atoms with Crippen molar-refractivity contribution < 1.29 is 9.90 Å². The van der Waals surface area contributed by atoms with Crippen LogP contribution in [0.4, 0.5) is 4.79 Å². The Morgan fingerprint density at radius 1 is 1.22 bits per heavy atom. The second-order valence-electron chi connectivity index (χ2n) is 7.69. The number of carbonyl (C=O) groups is 1. The fraction of sp³-hybridized carbons (Fsp3) is 0.944. The first-order valence-electron chi connectivity index (χ1n) is 9.47. The first kappa shape index (κ1) is 18.5. The summed E-state index contributed by atoms with van der Waals surface area (Å²) in [5, 5.41) is 12.5. The molecule has 1 saturated heterocycles. The van der Waals surface area contributed by atoms with Crippen molar-refractivity contribution in [1.82, 2.24) is 15.1 Å². The van der Waals surface area contributed by atoms with E-state index in [-0.39, 0.29) is 18.7 Å². The molecule has 0 radical (unpaired) electrons. The number of amides is 2. The van der Waals surface area contributed by atoms with Gasteiger partial charge in [-0.15, -0.1) is 0 Å². The summed E-state index contributed by atoms with van der Waals surface area (Å²) < 4.78 is 0. The van der Waals surface area contributed by atoms with Gasteiger partial charge in [-0.05, 0) is 31.1 Å². The summed E-state index contributed by atoms with van der Waals surface area (Å²) in [6.45, 7) is 8.96. The molecule has 1 saturated carbocycles. The molecule has 134 valence electrons. The molecule has 1 atom stereocenters. The zero-order valence-corrected chi connectivity index (χ0v) is 15.0. The van der Waals surface area contributed by atoms with Gasteiger partial charge in [-0.3, -0.25) is 4.90 Å².